The van der Waals surface area contributed by atoms with Crippen molar-refractivity contribution in [1.82, 2.24) is 19.6 Å². The fourth-order valence-electron chi connectivity index (χ4n) is 4.81. The van der Waals surface area contributed by atoms with Gasteiger partial charge in [-0.3, -0.25) is 14.3 Å². The molecule has 1 aliphatic carbocycles. The van der Waals surface area contributed by atoms with Gasteiger partial charge in [0, 0.05) is 63.1 Å². The Hall–Kier alpha value is -2.87. The standard InChI is InChI=1S/C24H32N6O2/c1-27-11-12-30(22(16-27)18-14-25-28(2)15-18)24(32)20-8-7-19(26-23(31)17-5-6-17)13-21(20)29-9-3-4-10-29/h7-8,13-15,17,22H,3-6,9-12,16H2,1-2H3,(H,26,31). The zero-order valence-corrected chi connectivity index (χ0v) is 19.0. The number of aryl methyl sites for hydroxylation is 1. The molecule has 0 spiro atoms. The minimum atomic E-state index is -0.0318. The molecule has 170 valence electrons. The van der Waals surface area contributed by atoms with Gasteiger partial charge in [0.15, 0.2) is 0 Å². The van der Waals surface area contributed by atoms with Crippen LogP contribution in [0, 0.1) is 5.92 Å². The Kier molecular flexibility index (Phi) is 5.63. The van der Waals surface area contributed by atoms with E-state index < -0.39 is 0 Å². The van der Waals surface area contributed by atoms with Crippen molar-refractivity contribution in [2.45, 2.75) is 31.7 Å². The molecule has 3 heterocycles. The van der Waals surface area contributed by atoms with E-state index >= 15 is 0 Å². The summed E-state index contributed by atoms with van der Waals surface area (Å²) < 4.78 is 1.79. The van der Waals surface area contributed by atoms with Crippen LogP contribution in [0.3, 0.4) is 0 Å². The lowest BCUT2D eigenvalue weighted by atomic mass is 10.0. The molecule has 5 rings (SSSR count). The summed E-state index contributed by atoms with van der Waals surface area (Å²) in [4.78, 5) is 32.7. The van der Waals surface area contributed by atoms with Crippen molar-refractivity contribution in [3.05, 3.63) is 41.7 Å². The van der Waals surface area contributed by atoms with Crippen molar-refractivity contribution in [1.29, 1.82) is 0 Å². The van der Waals surface area contributed by atoms with Gasteiger partial charge in [-0.25, -0.2) is 0 Å². The predicted molar refractivity (Wildman–Crippen MR) is 124 cm³/mol. The summed E-state index contributed by atoms with van der Waals surface area (Å²) in [5.74, 6) is 0.290. The Morgan fingerprint density at radius 1 is 1.06 bits per heavy atom. The molecule has 1 N–H and O–H groups in total. The zero-order chi connectivity index (χ0) is 22.2. The van der Waals surface area contributed by atoms with Crippen molar-refractivity contribution in [2.24, 2.45) is 13.0 Å². The number of benzene rings is 1. The van der Waals surface area contributed by atoms with Crippen molar-refractivity contribution >= 4 is 23.2 Å². The average Bonchev–Trinajstić information content (AvgIpc) is 3.32. The lowest BCUT2D eigenvalue weighted by Crippen LogP contribution is -2.49. The van der Waals surface area contributed by atoms with E-state index in [9.17, 15) is 9.59 Å². The fourth-order valence-corrected chi connectivity index (χ4v) is 4.81. The van der Waals surface area contributed by atoms with Crippen molar-refractivity contribution in [3.63, 3.8) is 0 Å². The van der Waals surface area contributed by atoms with E-state index in [0.717, 1.165) is 74.4 Å². The molecular weight excluding hydrogens is 404 g/mol. The van der Waals surface area contributed by atoms with Gasteiger partial charge in [0.1, 0.15) is 0 Å². The maximum atomic E-state index is 13.9. The molecule has 1 saturated carbocycles. The van der Waals surface area contributed by atoms with Gasteiger partial charge in [-0.1, -0.05) is 0 Å². The Morgan fingerprint density at radius 2 is 1.84 bits per heavy atom. The topological polar surface area (TPSA) is 73.7 Å². The Bertz CT molecular complexity index is 1010. The predicted octanol–water partition coefficient (Wildman–Crippen LogP) is 2.50. The first kappa shape index (κ1) is 21.0. The molecule has 32 heavy (non-hydrogen) atoms. The normalized spacial score (nSPS) is 21.8. The first-order chi connectivity index (χ1) is 15.5. The Morgan fingerprint density at radius 3 is 2.53 bits per heavy atom. The van der Waals surface area contributed by atoms with Gasteiger partial charge in [0.25, 0.3) is 5.91 Å². The van der Waals surface area contributed by atoms with Crippen molar-refractivity contribution in [2.75, 3.05) is 50.0 Å². The highest BCUT2D eigenvalue weighted by Crippen LogP contribution is 2.34. The Balaban J connectivity index is 1.46. The number of carbonyl (C=O) groups is 2. The average molecular weight is 437 g/mol. The van der Waals surface area contributed by atoms with E-state index in [-0.39, 0.29) is 23.8 Å². The van der Waals surface area contributed by atoms with Crippen LogP contribution in [0.25, 0.3) is 0 Å². The number of nitrogens with one attached hydrogen (secondary N) is 1. The van der Waals surface area contributed by atoms with Crippen LogP contribution in [0.4, 0.5) is 11.4 Å². The van der Waals surface area contributed by atoms with Crippen LogP contribution < -0.4 is 10.2 Å². The molecule has 2 aromatic rings. The quantitative estimate of drug-likeness (QED) is 0.780. The van der Waals surface area contributed by atoms with Crippen LogP contribution in [0.1, 0.15) is 47.6 Å². The van der Waals surface area contributed by atoms with E-state index in [2.05, 4.69) is 27.3 Å². The molecule has 1 aromatic carbocycles. The molecule has 8 nitrogen and oxygen atoms in total. The van der Waals surface area contributed by atoms with Crippen LogP contribution in [-0.2, 0) is 11.8 Å². The second kappa shape index (κ2) is 8.58. The van der Waals surface area contributed by atoms with Gasteiger partial charge in [-0.15, -0.1) is 0 Å². The van der Waals surface area contributed by atoms with E-state index in [1.165, 1.54) is 0 Å². The lowest BCUT2D eigenvalue weighted by Gasteiger charge is -2.40. The van der Waals surface area contributed by atoms with Gasteiger partial charge in [-0.05, 0) is 50.9 Å². The highest BCUT2D eigenvalue weighted by Gasteiger charge is 2.34. The molecule has 0 radical (unpaired) electrons. The first-order valence-electron chi connectivity index (χ1n) is 11.7. The highest BCUT2D eigenvalue weighted by atomic mass is 16.2. The third-order valence-corrected chi connectivity index (χ3v) is 6.84. The second-order valence-electron chi connectivity index (χ2n) is 9.41. The summed E-state index contributed by atoms with van der Waals surface area (Å²) in [5.41, 5.74) is 3.49. The van der Waals surface area contributed by atoms with Gasteiger partial charge in [0.2, 0.25) is 5.91 Å². The van der Waals surface area contributed by atoms with E-state index in [4.69, 9.17) is 0 Å². The lowest BCUT2D eigenvalue weighted by molar-refractivity contribution is -0.117. The fraction of sp³-hybridized carbons (Fsp3) is 0.542. The summed E-state index contributed by atoms with van der Waals surface area (Å²) >= 11 is 0. The van der Waals surface area contributed by atoms with Gasteiger partial charge >= 0.3 is 0 Å². The van der Waals surface area contributed by atoms with E-state index in [1.807, 2.05) is 42.5 Å². The van der Waals surface area contributed by atoms with Crippen molar-refractivity contribution in [3.8, 4) is 0 Å². The number of aromatic nitrogens is 2. The van der Waals surface area contributed by atoms with Gasteiger partial charge in [-0.2, -0.15) is 5.10 Å². The molecule has 2 saturated heterocycles. The molecule has 2 amide bonds. The summed E-state index contributed by atoms with van der Waals surface area (Å²) in [5, 5.41) is 7.38. The highest BCUT2D eigenvalue weighted by molar-refractivity contribution is 6.02. The number of piperazine rings is 1. The number of rotatable bonds is 5. The summed E-state index contributed by atoms with van der Waals surface area (Å²) in [6, 6.07) is 5.74. The van der Waals surface area contributed by atoms with Crippen LogP contribution in [-0.4, -0.2) is 71.2 Å². The van der Waals surface area contributed by atoms with Crippen LogP contribution >= 0.6 is 0 Å². The summed E-state index contributed by atoms with van der Waals surface area (Å²) in [6.45, 7) is 4.18. The smallest absolute Gasteiger partial charge is 0.256 e. The minimum absolute atomic E-state index is 0.0318. The van der Waals surface area contributed by atoms with Crippen LogP contribution in [0.15, 0.2) is 30.6 Å². The number of amides is 2. The number of hydrogen-bond donors (Lipinski definition) is 1. The molecule has 1 unspecified atom stereocenters. The maximum absolute atomic E-state index is 13.9. The number of hydrogen-bond acceptors (Lipinski definition) is 5. The van der Waals surface area contributed by atoms with Crippen LogP contribution in [0.2, 0.25) is 0 Å². The number of anilines is 2. The minimum Gasteiger partial charge on any atom is -0.371 e. The monoisotopic (exact) mass is 436 g/mol. The molecule has 2 aliphatic heterocycles. The first-order valence-corrected chi connectivity index (χ1v) is 11.7. The SMILES string of the molecule is CN1CCN(C(=O)c2ccc(NC(=O)C3CC3)cc2N2CCCC2)C(c2cnn(C)c2)C1. The molecular formula is C24H32N6O2. The molecule has 3 aliphatic rings. The molecule has 8 heteroatoms. The molecule has 1 atom stereocenters. The van der Waals surface area contributed by atoms with Crippen LogP contribution in [0.5, 0.6) is 0 Å². The van der Waals surface area contributed by atoms with Gasteiger partial charge < -0.3 is 20.0 Å². The second-order valence-corrected chi connectivity index (χ2v) is 9.41. The third-order valence-electron chi connectivity index (χ3n) is 6.84. The summed E-state index contributed by atoms with van der Waals surface area (Å²) in [7, 11) is 4.00. The van der Waals surface area contributed by atoms with E-state index in [1.54, 1.807) is 4.68 Å². The molecule has 3 fully saturated rings. The number of likely N-dealkylation sites (N-methyl/N-ethyl adjacent to an activating group) is 1. The molecule has 1 aromatic heterocycles. The molecule has 0 bridgehead atoms. The van der Waals surface area contributed by atoms with E-state index in [0.29, 0.717) is 6.54 Å². The largest absolute Gasteiger partial charge is 0.371 e. The number of carbonyl (C=O) groups excluding carboxylic acids is 2. The van der Waals surface area contributed by atoms with Crippen molar-refractivity contribution < 1.29 is 9.59 Å². The Labute approximate surface area is 189 Å². The zero-order valence-electron chi connectivity index (χ0n) is 19.0. The third kappa shape index (κ3) is 4.24. The maximum Gasteiger partial charge on any atom is 0.256 e. The van der Waals surface area contributed by atoms with Gasteiger partial charge in [0.05, 0.1) is 23.5 Å². The summed E-state index contributed by atoms with van der Waals surface area (Å²) in [6.07, 6.45) is 8.06. The number of nitrogens with zero attached hydrogens (tertiary/aromatic N) is 5.